The Morgan fingerprint density at radius 1 is 1.00 bits per heavy atom. The Morgan fingerprint density at radius 2 is 1.69 bits per heavy atom. The molecule has 16 heavy (non-hydrogen) atoms. The van der Waals surface area contributed by atoms with E-state index in [1.807, 2.05) is 0 Å². The van der Waals surface area contributed by atoms with Crippen molar-refractivity contribution >= 4 is 29.9 Å². The lowest BCUT2D eigenvalue weighted by molar-refractivity contribution is -0.107. The summed E-state index contributed by atoms with van der Waals surface area (Å²) >= 11 is 0. The van der Waals surface area contributed by atoms with Gasteiger partial charge >= 0.3 is 11.9 Å². The smallest absolute Gasteiger partial charge is 0.337 e. The highest BCUT2D eigenvalue weighted by Crippen LogP contribution is 2.04. The van der Waals surface area contributed by atoms with Crippen LogP contribution >= 0.6 is 0 Å². The third-order valence-corrected chi connectivity index (χ3v) is 2.31. The molecule has 5 heteroatoms. The number of benzene rings is 1. The number of fused-ring (bicyclic) bond motifs is 1. The molecule has 1 aliphatic rings. The Balaban J connectivity index is 2.93. The lowest BCUT2D eigenvalue weighted by atomic mass is 10.0. The van der Waals surface area contributed by atoms with Gasteiger partial charge in [-0.15, -0.1) is 0 Å². The van der Waals surface area contributed by atoms with Gasteiger partial charge in [0.15, 0.2) is 5.78 Å². The maximum absolute atomic E-state index is 11.1. The van der Waals surface area contributed by atoms with Crippen LogP contribution in [0.1, 0.15) is 20.7 Å². The van der Waals surface area contributed by atoms with Crippen molar-refractivity contribution in [1.82, 2.24) is 0 Å². The first-order valence-electron chi connectivity index (χ1n) is 4.37. The van der Waals surface area contributed by atoms with Gasteiger partial charge in [-0.25, -0.2) is 9.59 Å². The third kappa shape index (κ3) is 1.38. The zero-order valence-corrected chi connectivity index (χ0v) is 7.93. The van der Waals surface area contributed by atoms with Crippen LogP contribution in [0.5, 0.6) is 0 Å². The lowest BCUT2D eigenvalue weighted by Crippen LogP contribution is -2.31. The van der Waals surface area contributed by atoms with Gasteiger partial charge in [-0.3, -0.25) is 4.79 Å². The minimum Gasteiger partial charge on any atom is -0.478 e. The molecule has 2 rings (SSSR count). The van der Waals surface area contributed by atoms with Crippen LogP contribution < -0.4 is 10.4 Å². The Hall–Kier alpha value is -2.43. The third-order valence-electron chi connectivity index (χ3n) is 2.31. The van der Waals surface area contributed by atoms with E-state index in [4.69, 9.17) is 10.2 Å². The van der Waals surface area contributed by atoms with E-state index in [2.05, 4.69) is 0 Å². The highest BCUT2D eigenvalue weighted by atomic mass is 16.4. The number of aromatic carboxylic acids is 2. The van der Waals surface area contributed by atoms with Crippen molar-refractivity contribution < 1.29 is 24.6 Å². The number of rotatable bonds is 2. The summed E-state index contributed by atoms with van der Waals surface area (Å²) in [6.45, 7) is 0. The van der Waals surface area contributed by atoms with Crippen LogP contribution in [0.25, 0.3) is 12.2 Å². The van der Waals surface area contributed by atoms with E-state index < -0.39 is 11.9 Å². The maximum Gasteiger partial charge on any atom is 0.337 e. The average Bonchev–Trinajstić information content (AvgIpc) is 2.55. The molecule has 0 saturated carbocycles. The molecule has 5 nitrogen and oxygen atoms in total. The number of ketones is 1. The fourth-order valence-electron chi connectivity index (χ4n) is 1.66. The summed E-state index contributed by atoms with van der Waals surface area (Å²) in [6, 6.07) is 2.61. The van der Waals surface area contributed by atoms with Gasteiger partial charge in [0.2, 0.25) is 0 Å². The monoisotopic (exact) mass is 218 g/mol. The number of Topliss-reactive ketones (excluding diaryl/α,β-unsaturated/α-hetero) is 1. The van der Waals surface area contributed by atoms with Crippen molar-refractivity contribution in [2.75, 3.05) is 0 Å². The molecule has 2 N–H and O–H groups in total. The van der Waals surface area contributed by atoms with Gasteiger partial charge in [0.05, 0.1) is 11.1 Å². The Bertz CT molecular complexity index is 639. The van der Waals surface area contributed by atoms with Crippen LogP contribution in [0, 0.1) is 0 Å². The summed E-state index contributed by atoms with van der Waals surface area (Å²) in [5, 5.41) is 18.4. The van der Waals surface area contributed by atoms with Crippen molar-refractivity contribution in [3.8, 4) is 0 Å². The molecule has 0 unspecified atom stereocenters. The van der Waals surface area contributed by atoms with Gasteiger partial charge < -0.3 is 10.2 Å². The van der Waals surface area contributed by atoms with Crippen LogP contribution in [0.4, 0.5) is 0 Å². The topological polar surface area (TPSA) is 91.7 Å². The molecule has 0 radical (unpaired) electrons. The van der Waals surface area contributed by atoms with Crippen molar-refractivity contribution in [3.63, 3.8) is 0 Å². The Labute approximate surface area is 88.9 Å². The van der Waals surface area contributed by atoms with Crippen molar-refractivity contribution in [1.29, 1.82) is 0 Å². The number of hydrogen-bond acceptors (Lipinski definition) is 3. The predicted molar refractivity (Wildman–Crippen MR) is 53.5 cm³/mol. The first-order chi connectivity index (χ1) is 7.50. The fourth-order valence-corrected chi connectivity index (χ4v) is 1.66. The second kappa shape index (κ2) is 3.30. The molecule has 0 aliphatic heterocycles. The average molecular weight is 218 g/mol. The van der Waals surface area contributed by atoms with E-state index in [9.17, 15) is 14.4 Å². The van der Waals surface area contributed by atoms with Gasteiger partial charge in [0.25, 0.3) is 0 Å². The van der Waals surface area contributed by atoms with E-state index in [0.717, 1.165) is 6.08 Å². The standard InChI is InChI=1S/C11H6O5/c12-6-3-5-1-2-7(10(13)14)9(11(15)16)8(5)4-6/h1-4H,(H,13,14)(H,15,16). The van der Waals surface area contributed by atoms with Gasteiger partial charge in [-0.2, -0.15) is 0 Å². The minimum atomic E-state index is -1.35. The molecule has 0 saturated heterocycles. The lowest BCUT2D eigenvalue weighted by Gasteiger charge is -2.01. The molecule has 1 aromatic carbocycles. The Morgan fingerprint density at radius 3 is 2.25 bits per heavy atom. The molecular weight excluding hydrogens is 212 g/mol. The van der Waals surface area contributed by atoms with Crippen molar-refractivity contribution in [2.24, 2.45) is 0 Å². The number of carboxylic acid groups (broad SMARTS) is 2. The second-order valence-electron chi connectivity index (χ2n) is 3.29. The highest BCUT2D eigenvalue weighted by molar-refractivity contribution is 6.27. The quantitative estimate of drug-likeness (QED) is 0.679. The Kier molecular flexibility index (Phi) is 2.09. The molecule has 0 bridgehead atoms. The van der Waals surface area contributed by atoms with E-state index in [-0.39, 0.29) is 22.1 Å². The SMILES string of the molecule is O=C1C=c2ccc(C(=O)O)c(C(=O)O)c2=C1. The van der Waals surface area contributed by atoms with Crippen LogP contribution in [0.15, 0.2) is 12.1 Å². The molecule has 80 valence electrons. The van der Waals surface area contributed by atoms with Crippen LogP contribution in [-0.2, 0) is 4.79 Å². The van der Waals surface area contributed by atoms with E-state index >= 15 is 0 Å². The maximum atomic E-state index is 11.1. The van der Waals surface area contributed by atoms with Crippen molar-refractivity contribution in [3.05, 3.63) is 33.7 Å². The number of carbonyl (C=O) groups excluding carboxylic acids is 1. The number of hydrogen-bond donors (Lipinski definition) is 2. The van der Waals surface area contributed by atoms with E-state index in [1.54, 1.807) is 0 Å². The summed E-state index contributed by atoms with van der Waals surface area (Å²) in [7, 11) is 0. The highest BCUT2D eigenvalue weighted by Gasteiger charge is 2.19. The summed E-state index contributed by atoms with van der Waals surface area (Å²) in [4.78, 5) is 32.9. The van der Waals surface area contributed by atoms with E-state index in [0.29, 0.717) is 5.22 Å². The molecule has 0 amide bonds. The molecule has 0 heterocycles. The second-order valence-corrected chi connectivity index (χ2v) is 3.29. The van der Waals surface area contributed by atoms with Crippen LogP contribution in [0.3, 0.4) is 0 Å². The van der Waals surface area contributed by atoms with Gasteiger partial charge in [0.1, 0.15) is 0 Å². The van der Waals surface area contributed by atoms with E-state index in [1.165, 1.54) is 18.2 Å². The molecule has 0 aromatic heterocycles. The fraction of sp³-hybridized carbons (Fsp3) is 0. The predicted octanol–water partition coefficient (Wildman–Crippen LogP) is -0.773. The molecule has 0 fully saturated rings. The molecule has 1 aliphatic carbocycles. The number of carbonyl (C=O) groups is 3. The van der Waals surface area contributed by atoms with Gasteiger partial charge in [-0.05, 0) is 23.4 Å². The first kappa shape index (κ1) is 10.1. The normalized spacial score (nSPS) is 12.6. The van der Waals surface area contributed by atoms with Crippen LogP contribution in [0.2, 0.25) is 0 Å². The zero-order chi connectivity index (χ0) is 11.9. The van der Waals surface area contributed by atoms with Gasteiger partial charge in [-0.1, -0.05) is 6.07 Å². The largest absolute Gasteiger partial charge is 0.478 e. The number of carboxylic acids is 2. The molecule has 0 atom stereocenters. The molecule has 0 spiro atoms. The van der Waals surface area contributed by atoms with Gasteiger partial charge in [0, 0.05) is 5.22 Å². The summed E-state index contributed by atoms with van der Waals surface area (Å²) in [6.07, 6.45) is 2.40. The molecular formula is C11H6O5. The zero-order valence-electron chi connectivity index (χ0n) is 7.93. The summed E-state index contributed by atoms with van der Waals surface area (Å²) in [5.74, 6) is -3.01. The molecule has 1 aromatic rings. The summed E-state index contributed by atoms with van der Waals surface area (Å²) in [5.41, 5.74) is -0.655. The first-order valence-corrected chi connectivity index (χ1v) is 4.37. The summed E-state index contributed by atoms with van der Waals surface area (Å²) < 4.78 is 0. The van der Waals surface area contributed by atoms with Crippen LogP contribution in [-0.4, -0.2) is 27.9 Å². The van der Waals surface area contributed by atoms with Crippen molar-refractivity contribution in [2.45, 2.75) is 0 Å². The minimum absolute atomic E-state index is 0.164.